The molecule has 434 valence electrons. The molecular formula is C89H57N3S. The van der Waals surface area contributed by atoms with E-state index in [9.17, 15) is 0 Å². The first-order valence-electron chi connectivity index (χ1n) is 31.8. The van der Waals surface area contributed by atoms with Crippen molar-refractivity contribution < 1.29 is 0 Å². The van der Waals surface area contributed by atoms with Gasteiger partial charge in [0, 0.05) is 48.9 Å². The van der Waals surface area contributed by atoms with Gasteiger partial charge in [-0.15, -0.1) is 11.3 Å². The van der Waals surface area contributed by atoms with Crippen LogP contribution >= 0.6 is 11.3 Å². The Morgan fingerprint density at radius 1 is 0.215 bits per heavy atom. The Bertz CT molecular complexity index is 5410. The van der Waals surface area contributed by atoms with Crippen LogP contribution in [0.15, 0.2) is 346 Å². The smallest absolute Gasteiger partial charge is 0.155 e. The third-order valence-corrected chi connectivity index (χ3v) is 20.0. The first-order chi connectivity index (χ1) is 46.2. The summed E-state index contributed by atoms with van der Waals surface area (Å²) in [6.45, 7) is 0. The zero-order valence-corrected chi connectivity index (χ0v) is 51.5. The number of rotatable bonds is 8. The molecule has 0 aliphatic heterocycles. The summed E-state index contributed by atoms with van der Waals surface area (Å²) in [4.78, 5) is 4.97. The molecule has 15 aromatic carbocycles. The van der Waals surface area contributed by atoms with E-state index < -0.39 is 0 Å². The molecule has 0 spiro atoms. The highest BCUT2D eigenvalue weighted by Crippen LogP contribution is 2.49. The predicted molar refractivity (Wildman–Crippen MR) is 397 cm³/mol. The van der Waals surface area contributed by atoms with Gasteiger partial charge in [-0.2, -0.15) is 0 Å². The Morgan fingerprint density at radius 2 is 0.495 bits per heavy atom. The van der Waals surface area contributed by atoms with Crippen LogP contribution in [-0.2, 0) is 0 Å². The zero-order chi connectivity index (χ0) is 61.3. The molecular weight excluding hydrogens is 1140 g/mol. The van der Waals surface area contributed by atoms with Gasteiger partial charge in [0.05, 0.1) is 26.8 Å². The first kappa shape index (κ1) is 54.0. The molecule has 3 nitrogen and oxygen atoms in total. The van der Waals surface area contributed by atoms with Gasteiger partial charge in [-0.1, -0.05) is 255 Å². The van der Waals surface area contributed by atoms with Crippen LogP contribution < -0.4 is 0 Å². The molecule has 19 rings (SSSR count). The monoisotopic (exact) mass is 1200 g/mol. The number of nitrogens with zero attached hydrogens (tertiary/aromatic N) is 3. The first-order valence-corrected chi connectivity index (χ1v) is 32.6. The number of benzene rings is 15. The summed E-state index contributed by atoms with van der Waals surface area (Å²) in [6.07, 6.45) is 1.96. The standard InChI is InChI=1S/C54H36.C35H21N3S/c1-7-19-37(20-8-1)43-31-49-50(32-44(43)38-21-9-2-10-22-38)52-34-46(40-25-13-4-14-26-40)48(42-29-17-6-18-30-42)36-54(52)53-35-47(41-27-15-5-16-28-41)45(33-51(49)53)39-23-11-3-12-24-39;1-5-13-29-23(9-1)24-10-2-6-14-30(24)37(29)22-17-18-33-28(21-22)27-19-20-36-35(34(27)39-33)38-31-15-7-3-11-25(31)26-12-4-8-16-32(26)38/h1-36H;1-21H. The minimum atomic E-state index is 0.990. The minimum absolute atomic E-state index is 0.990. The van der Waals surface area contributed by atoms with E-state index in [1.165, 1.54) is 169 Å². The lowest BCUT2D eigenvalue weighted by Crippen LogP contribution is -1.97. The van der Waals surface area contributed by atoms with Crippen LogP contribution in [0.4, 0.5) is 0 Å². The molecule has 0 N–H and O–H groups in total. The van der Waals surface area contributed by atoms with Gasteiger partial charge < -0.3 is 4.57 Å². The van der Waals surface area contributed by atoms with Crippen molar-refractivity contribution in [3.63, 3.8) is 0 Å². The van der Waals surface area contributed by atoms with Crippen molar-refractivity contribution in [2.75, 3.05) is 0 Å². The van der Waals surface area contributed by atoms with Crippen molar-refractivity contribution in [2.45, 2.75) is 0 Å². The summed E-state index contributed by atoms with van der Waals surface area (Å²) in [6, 6.07) is 124. The van der Waals surface area contributed by atoms with E-state index in [-0.39, 0.29) is 0 Å². The topological polar surface area (TPSA) is 22.8 Å². The predicted octanol–water partition coefficient (Wildman–Crippen LogP) is 24.8. The third-order valence-electron chi connectivity index (χ3n) is 18.8. The van der Waals surface area contributed by atoms with Crippen LogP contribution in [-0.4, -0.2) is 14.1 Å². The molecule has 4 heterocycles. The van der Waals surface area contributed by atoms with Crippen LogP contribution in [0.2, 0.25) is 0 Å². The maximum absolute atomic E-state index is 4.97. The largest absolute Gasteiger partial charge is 0.309 e. The Balaban J connectivity index is 0.000000144. The van der Waals surface area contributed by atoms with Crippen LogP contribution in [0.5, 0.6) is 0 Å². The number of hydrogen-bond donors (Lipinski definition) is 0. The fourth-order valence-electron chi connectivity index (χ4n) is 14.6. The van der Waals surface area contributed by atoms with Gasteiger partial charge in [0.25, 0.3) is 0 Å². The fraction of sp³-hybridized carbons (Fsp3) is 0. The highest BCUT2D eigenvalue weighted by Gasteiger charge is 2.23. The summed E-state index contributed by atoms with van der Waals surface area (Å²) in [5.41, 5.74) is 20.6. The summed E-state index contributed by atoms with van der Waals surface area (Å²) < 4.78 is 7.20. The number of para-hydroxylation sites is 4. The molecule has 0 amide bonds. The van der Waals surface area contributed by atoms with E-state index in [1.807, 2.05) is 17.5 Å². The van der Waals surface area contributed by atoms with Crippen molar-refractivity contribution in [3.8, 4) is 78.3 Å². The van der Waals surface area contributed by atoms with Crippen molar-refractivity contribution in [3.05, 3.63) is 346 Å². The average Bonchev–Trinajstić information content (AvgIpc) is 1.57. The Kier molecular flexibility index (Phi) is 13.1. The van der Waals surface area contributed by atoms with E-state index in [4.69, 9.17) is 4.98 Å². The lowest BCUT2D eigenvalue weighted by Gasteiger charge is -2.21. The van der Waals surface area contributed by atoms with Crippen molar-refractivity contribution >= 4 is 107 Å². The summed E-state index contributed by atoms with van der Waals surface area (Å²) in [7, 11) is 0. The summed E-state index contributed by atoms with van der Waals surface area (Å²) >= 11 is 1.82. The van der Waals surface area contributed by atoms with Gasteiger partial charge in [-0.05, 0) is 184 Å². The van der Waals surface area contributed by atoms with E-state index in [0.29, 0.717) is 0 Å². The van der Waals surface area contributed by atoms with E-state index in [0.717, 1.165) is 5.82 Å². The lowest BCUT2D eigenvalue weighted by molar-refractivity contribution is 1.11. The molecule has 0 bridgehead atoms. The van der Waals surface area contributed by atoms with Gasteiger partial charge in [0.15, 0.2) is 5.82 Å². The minimum Gasteiger partial charge on any atom is -0.309 e. The normalized spacial score (nSPS) is 11.7. The van der Waals surface area contributed by atoms with Crippen molar-refractivity contribution in [2.24, 2.45) is 0 Å². The second-order valence-electron chi connectivity index (χ2n) is 24.1. The lowest BCUT2D eigenvalue weighted by atomic mass is 9.82. The SMILES string of the molecule is c1ccc(-c2cc3c4cc(-c5ccccc5)c(-c5ccccc5)cc4c4cc(-c5ccccc5)c(-c5ccccc5)cc4c3cc2-c2ccccc2)cc1.c1ccc2c(c1)c1ccccc1n2-c1ccc2sc3c(-n4c5ccccc5c5ccccc54)nccc3c2c1. The van der Waals surface area contributed by atoms with Gasteiger partial charge in [0.1, 0.15) is 0 Å². The number of pyridine rings is 1. The maximum atomic E-state index is 4.97. The molecule has 0 radical (unpaired) electrons. The Morgan fingerprint density at radius 3 is 0.806 bits per heavy atom. The molecule has 0 fully saturated rings. The van der Waals surface area contributed by atoms with Crippen LogP contribution in [0.3, 0.4) is 0 Å². The number of aromatic nitrogens is 3. The molecule has 0 saturated carbocycles. The third kappa shape index (κ3) is 9.13. The van der Waals surface area contributed by atoms with Gasteiger partial charge >= 0.3 is 0 Å². The van der Waals surface area contributed by atoms with E-state index >= 15 is 0 Å². The molecule has 19 aromatic rings. The van der Waals surface area contributed by atoms with Gasteiger partial charge in [0.2, 0.25) is 0 Å². The Hall–Kier alpha value is -12.0. The molecule has 4 aromatic heterocycles. The molecule has 4 heteroatoms. The molecule has 0 saturated heterocycles. The fourth-order valence-corrected chi connectivity index (χ4v) is 15.8. The van der Waals surface area contributed by atoms with Crippen molar-refractivity contribution in [1.29, 1.82) is 0 Å². The Labute approximate surface area is 542 Å². The number of thiophene rings is 1. The summed E-state index contributed by atoms with van der Waals surface area (Å²) in [5.74, 6) is 0.990. The highest BCUT2D eigenvalue weighted by atomic mass is 32.1. The number of hydrogen-bond acceptors (Lipinski definition) is 2. The molecule has 93 heavy (non-hydrogen) atoms. The van der Waals surface area contributed by atoms with Crippen LogP contribution in [0, 0.1) is 0 Å². The average molecular weight is 1200 g/mol. The molecule has 0 aliphatic rings. The zero-order valence-electron chi connectivity index (χ0n) is 50.7. The second-order valence-corrected chi connectivity index (χ2v) is 25.1. The van der Waals surface area contributed by atoms with Crippen LogP contribution in [0.25, 0.3) is 174 Å². The van der Waals surface area contributed by atoms with Gasteiger partial charge in [-0.25, -0.2) is 4.98 Å². The number of fused-ring (bicyclic) bond motifs is 15. The second kappa shape index (κ2) is 22.5. The van der Waals surface area contributed by atoms with Crippen molar-refractivity contribution in [1.82, 2.24) is 14.1 Å². The van der Waals surface area contributed by atoms with Gasteiger partial charge in [-0.3, -0.25) is 4.57 Å². The molecule has 0 atom stereocenters. The maximum Gasteiger partial charge on any atom is 0.155 e. The summed E-state index contributed by atoms with van der Waals surface area (Å²) in [5, 5.41) is 15.1. The highest BCUT2D eigenvalue weighted by molar-refractivity contribution is 7.26. The van der Waals surface area contributed by atoms with E-state index in [1.54, 1.807) is 0 Å². The quantitative estimate of drug-likeness (QED) is 0.139. The molecule has 0 aliphatic carbocycles. The van der Waals surface area contributed by atoms with E-state index in [2.05, 4.69) is 349 Å². The van der Waals surface area contributed by atoms with Crippen LogP contribution in [0.1, 0.15) is 0 Å². The molecule has 0 unspecified atom stereocenters.